The lowest BCUT2D eigenvalue weighted by Crippen LogP contribution is -2.41. The summed E-state index contributed by atoms with van der Waals surface area (Å²) in [5.41, 5.74) is 12.3. The van der Waals surface area contributed by atoms with Crippen LogP contribution in [-0.4, -0.2) is 49.1 Å². The van der Waals surface area contributed by atoms with Crippen LogP contribution in [0.4, 0.5) is 17.5 Å². The zero-order chi connectivity index (χ0) is 24.1. The van der Waals surface area contributed by atoms with Gasteiger partial charge in [0.25, 0.3) is 5.91 Å². The number of amides is 1. The second kappa shape index (κ2) is 9.64. The quantitative estimate of drug-likeness (QED) is 0.229. The van der Waals surface area contributed by atoms with Gasteiger partial charge in [0, 0.05) is 36.0 Å². The minimum Gasteiger partial charge on any atom is -0.481 e. The van der Waals surface area contributed by atoms with E-state index in [2.05, 4.69) is 25.6 Å². The molecule has 2 heterocycles. The molecule has 1 unspecified atom stereocenters. The molecule has 0 bridgehead atoms. The van der Waals surface area contributed by atoms with Gasteiger partial charge in [0.1, 0.15) is 22.9 Å². The number of nitrogens with one attached hydrogen (secondary N) is 3. The summed E-state index contributed by atoms with van der Waals surface area (Å²) in [6.45, 7) is 0.136. The van der Waals surface area contributed by atoms with E-state index in [0.29, 0.717) is 11.3 Å². The third-order valence-corrected chi connectivity index (χ3v) is 4.74. The Morgan fingerprint density at radius 2 is 1.79 bits per heavy atom. The minimum absolute atomic E-state index is 0.0287. The van der Waals surface area contributed by atoms with Gasteiger partial charge in [-0.15, -0.1) is 0 Å². The molecule has 0 saturated carbocycles. The second-order valence-corrected chi connectivity index (χ2v) is 7.06. The van der Waals surface area contributed by atoms with E-state index in [4.69, 9.17) is 21.7 Å². The van der Waals surface area contributed by atoms with E-state index in [0.717, 1.165) is 0 Å². The molecule has 0 radical (unpaired) electrons. The first-order valence-corrected chi connectivity index (χ1v) is 9.68. The van der Waals surface area contributed by atoms with Crippen LogP contribution in [-0.2, 0) is 16.1 Å². The number of hydrogen-bond donors (Lipinski definition) is 7. The van der Waals surface area contributed by atoms with Gasteiger partial charge in [-0.2, -0.15) is 9.97 Å². The number of hydrogen-bond acceptors (Lipinski definition) is 9. The largest absolute Gasteiger partial charge is 0.481 e. The molecule has 13 nitrogen and oxygen atoms in total. The van der Waals surface area contributed by atoms with Crippen molar-refractivity contribution in [3.05, 3.63) is 51.8 Å². The number of benzene rings is 1. The van der Waals surface area contributed by atoms with Gasteiger partial charge in [0.05, 0.1) is 0 Å². The van der Waals surface area contributed by atoms with Gasteiger partial charge < -0.3 is 37.3 Å². The number of rotatable bonds is 9. The SMILES string of the molecule is Nc1nc(N)c2c(=O)c(CNc3ccc(C(=O)NC(CCC(=O)O)C(=O)O)cc3)c[nH]c2n1. The molecule has 0 spiro atoms. The standard InChI is InChI=1S/C20H21N7O6/c21-16-14-15(30)10(8-24-17(14)27-20(22)26-16)7-23-11-3-1-9(2-4-11)18(31)25-12(19(32)33)5-6-13(28)29/h1-4,8,12,23H,5-7H2,(H,25,31)(H,28,29)(H,32,33)(H5,21,22,24,26,27,30). The van der Waals surface area contributed by atoms with Crippen LogP contribution in [0.1, 0.15) is 28.8 Å². The number of fused-ring (bicyclic) bond motifs is 1. The van der Waals surface area contributed by atoms with E-state index < -0.39 is 23.9 Å². The first-order chi connectivity index (χ1) is 15.7. The zero-order valence-corrected chi connectivity index (χ0v) is 17.2. The van der Waals surface area contributed by atoms with Gasteiger partial charge >= 0.3 is 11.9 Å². The van der Waals surface area contributed by atoms with Crippen LogP contribution in [0.5, 0.6) is 0 Å². The van der Waals surface area contributed by atoms with E-state index in [1.807, 2.05) is 0 Å². The number of carboxylic acid groups (broad SMARTS) is 2. The molecule has 3 aromatic rings. The molecule has 1 atom stereocenters. The molecule has 2 aromatic heterocycles. The summed E-state index contributed by atoms with van der Waals surface area (Å²) in [4.78, 5) is 57.5. The first kappa shape index (κ1) is 23.0. The van der Waals surface area contributed by atoms with Crippen LogP contribution in [0.3, 0.4) is 0 Å². The summed E-state index contributed by atoms with van der Waals surface area (Å²) in [5, 5.41) is 23.3. The fraction of sp³-hybridized carbons (Fsp3) is 0.200. The average Bonchev–Trinajstić information content (AvgIpc) is 2.75. The van der Waals surface area contributed by atoms with E-state index in [1.54, 1.807) is 12.1 Å². The lowest BCUT2D eigenvalue weighted by molar-refractivity contribution is -0.140. The van der Waals surface area contributed by atoms with Crippen LogP contribution in [0.25, 0.3) is 11.0 Å². The van der Waals surface area contributed by atoms with Crippen LogP contribution in [0, 0.1) is 0 Å². The van der Waals surface area contributed by atoms with E-state index >= 15 is 0 Å². The molecule has 1 aromatic carbocycles. The maximum absolute atomic E-state index is 12.7. The second-order valence-electron chi connectivity index (χ2n) is 7.06. The van der Waals surface area contributed by atoms with E-state index in [1.165, 1.54) is 18.3 Å². The first-order valence-electron chi connectivity index (χ1n) is 9.68. The Morgan fingerprint density at radius 3 is 2.42 bits per heavy atom. The number of aromatic amines is 1. The molecule has 0 aliphatic carbocycles. The van der Waals surface area contributed by atoms with Gasteiger partial charge in [-0.1, -0.05) is 0 Å². The number of nitrogens with two attached hydrogens (primary N) is 2. The number of carboxylic acids is 2. The maximum atomic E-state index is 12.7. The van der Waals surface area contributed by atoms with Crippen molar-refractivity contribution in [1.82, 2.24) is 20.3 Å². The van der Waals surface area contributed by atoms with Gasteiger partial charge in [0.2, 0.25) is 5.95 Å². The number of H-pyrrole nitrogens is 1. The molecule has 0 aliphatic rings. The molecule has 1 amide bonds. The van der Waals surface area contributed by atoms with Crippen molar-refractivity contribution in [3.63, 3.8) is 0 Å². The molecule has 0 aliphatic heterocycles. The molecule has 172 valence electrons. The summed E-state index contributed by atoms with van der Waals surface area (Å²) in [6.07, 6.45) is 0.853. The summed E-state index contributed by atoms with van der Waals surface area (Å²) >= 11 is 0. The highest BCUT2D eigenvalue weighted by Gasteiger charge is 2.21. The molecular weight excluding hydrogens is 434 g/mol. The lowest BCUT2D eigenvalue weighted by atomic mass is 10.1. The molecule has 0 saturated heterocycles. The number of nitrogens with zero attached hydrogens (tertiary/aromatic N) is 2. The molecule has 13 heteroatoms. The molecule has 9 N–H and O–H groups in total. The summed E-state index contributed by atoms with van der Waals surface area (Å²) < 4.78 is 0. The predicted molar refractivity (Wildman–Crippen MR) is 119 cm³/mol. The van der Waals surface area contributed by atoms with Crippen molar-refractivity contribution >= 4 is 46.3 Å². The summed E-state index contributed by atoms with van der Waals surface area (Å²) in [7, 11) is 0. The Bertz CT molecular complexity index is 1270. The van der Waals surface area contributed by atoms with E-state index in [-0.39, 0.29) is 53.2 Å². The van der Waals surface area contributed by atoms with Crippen LogP contribution in [0.15, 0.2) is 35.3 Å². The number of aliphatic carboxylic acids is 2. The minimum atomic E-state index is -1.32. The zero-order valence-electron chi connectivity index (χ0n) is 17.2. The van der Waals surface area contributed by atoms with Crippen molar-refractivity contribution in [2.75, 3.05) is 16.8 Å². The van der Waals surface area contributed by atoms with Crippen molar-refractivity contribution in [1.29, 1.82) is 0 Å². The normalized spacial score (nSPS) is 11.6. The van der Waals surface area contributed by atoms with Gasteiger partial charge in [-0.05, 0) is 30.7 Å². The van der Waals surface area contributed by atoms with E-state index in [9.17, 15) is 19.2 Å². The van der Waals surface area contributed by atoms with Crippen molar-refractivity contribution < 1.29 is 24.6 Å². The van der Waals surface area contributed by atoms with Gasteiger partial charge in [-0.3, -0.25) is 14.4 Å². The fourth-order valence-electron chi connectivity index (χ4n) is 3.04. The Hall–Kier alpha value is -4.68. The predicted octanol–water partition coefficient (Wildman–Crippen LogP) is 0.142. The number of aromatic nitrogens is 3. The Kier molecular flexibility index (Phi) is 6.71. The van der Waals surface area contributed by atoms with Crippen LogP contribution in [0.2, 0.25) is 0 Å². The Morgan fingerprint density at radius 1 is 1.09 bits per heavy atom. The molecule has 3 rings (SSSR count). The smallest absolute Gasteiger partial charge is 0.326 e. The Labute approximate surface area is 185 Å². The molecule has 0 fully saturated rings. The third kappa shape index (κ3) is 5.52. The van der Waals surface area contributed by atoms with Crippen LogP contribution >= 0.6 is 0 Å². The summed E-state index contributed by atoms with van der Waals surface area (Å²) in [5.74, 6) is -3.21. The molecular formula is C20H21N7O6. The maximum Gasteiger partial charge on any atom is 0.326 e. The lowest BCUT2D eigenvalue weighted by Gasteiger charge is -2.14. The number of carbonyl (C=O) groups is 3. The number of pyridine rings is 1. The van der Waals surface area contributed by atoms with Crippen molar-refractivity contribution in [3.8, 4) is 0 Å². The fourth-order valence-corrected chi connectivity index (χ4v) is 3.04. The number of anilines is 3. The highest BCUT2D eigenvalue weighted by Crippen LogP contribution is 2.15. The Balaban J connectivity index is 1.67. The summed E-state index contributed by atoms with van der Waals surface area (Å²) in [6, 6.07) is 4.77. The highest BCUT2D eigenvalue weighted by atomic mass is 16.4. The van der Waals surface area contributed by atoms with Crippen molar-refractivity contribution in [2.45, 2.75) is 25.4 Å². The highest BCUT2D eigenvalue weighted by molar-refractivity contribution is 5.97. The third-order valence-electron chi connectivity index (χ3n) is 4.74. The average molecular weight is 455 g/mol. The topological polar surface area (TPSA) is 226 Å². The number of carbonyl (C=O) groups excluding carboxylic acids is 1. The van der Waals surface area contributed by atoms with Gasteiger partial charge in [0.15, 0.2) is 5.43 Å². The number of nitrogen functional groups attached to an aromatic ring is 2. The molecule has 33 heavy (non-hydrogen) atoms. The van der Waals surface area contributed by atoms with Crippen LogP contribution < -0.4 is 27.5 Å². The monoisotopic (exact) mass is 455 g/mol. The van der Waals surface area contributed by atoms with Gasteiger partial charge in [-0.25, -0.2) is 4.79 Å². The van der Waals surface area contributed by atoms with Crippen molar-refractivity contribution in [2.24, 2.45) is 0 Å².